The highest BCUT2D eigenvalue weighted by atomic mass is 35.5. The van der Waals surface area contributed by atoms with Gasteiger partial charge in [0.05, 0.1) is 16.0 Å². The van der Waals surface area contributed by atoms with Crippen LogP contribution in [-0.4, -0.2) is 5.91 Å². The van der Waals surface area contributed by atoms with Crippen molar-refractivity contribution >= 4 is 34.8 Å². The van der Waals surface area contributed by atoms with Crippen molar-refractivity contribution < 1.29 is 4.79 Å². The molecule has 1 saturated carbocycles. The molecule has 2 aromatic carbocycles. The van der Waals surface area contributed by atoms with E-state index in [9.17, 15) is 4.79 Å². The number of nitriles is 1. The van der Waals surface area contributed by atoms with E-state index in [2.05, 4.69) is 5.32 Å². The summed E-state index contributed by atoms with van der Waals surface area (Å²) in [4.78, 5) is 12.6. The fraction of sp³-hybridized carbons (Fsp3) is 0.176. The number of halogens is 2. The Balaban J connectivity index is 1.83. The van der Waals surface area contributed by atoms with Crippen molar-refractivity contribution in [1.82, 2.24) is 0 Å². The zero-order valence-electron chi connectivity index (χ0n) is 11.6. The Morgan fingerprint density at radius 2 is 1.95 bits per heavy atom. The Bertz CT molecular complexity index is 791. The van der Waals surface area contributed by atoms with Crippen molar-refractivity contribution in [3.8, 4) is 6.07 Å². The van der Waals surface area contributed by atoms with Gasteiger partial charge in [-0.25, -0.2) is 0 Å². The predicted octanol–water partition coefficient (Wildman–Crippen LogP) is 4.54. The molecule has 0 bridgehead atoms. The predicted molar refractivity (Wildman–Crippen MR) is 87.2 cm³/mol. The van der Waals surface area contributed by atoms with E-state index in [0.717, 1.165) is 18.4 Å². The molecule has 0 radical (unpaired) electrons. The Morgan fingerprint density at radius 3 is 2.55 bits per heavy atom. The number of carbonyl (C=O) groups excluding carboxylic acids is 1. The van der Waals surface area contributed by atoms with Gasteiger partial charge in [0.1, 0.15) is 6.07 Å². The molecule has 0 aromatic heterocycles. The van der Waals surface area contributed by atoms with Gasteiger partial charge < -0.3 is 5.32 Å². The molecular formula is C17H12Cl2N2O. The average Bonchev–Trinajstić information content (AvgIpc) is 3.29. The first-order valence-corrected chi connectivity index (χ1v) is 7.58. The monoisotopic (exact) mass is 330 g/mol. The van der Waals surface area contributed by atoms with Crippen molar-refractivity contribution in [3.05, 3.63) is 63.6 Å². The Kier molecular flexibility index (Phi) is 3.82. The van der Waals surface area contributed by atoms with E-state index in [1.54, 1.807) is 24.3 Å². The smallest absolute Gasteiger partial charge is 0.235 e. The Morgan fingerprint density at radius 1 is 1.18 bits per heavy atom. The zero-order valence-corrected chi connectivity index (χ0v) is 13.1. The van der Waals surface area contributed by atoms with Crippen molar-refractivity contribution in [2.24, 2.45) is 0 Å². The standard InChI is InChI=1S/C17H12Cl2N2O/c18-13-3-1-2-12(8-13)17(6-7-17)16(22)21-14-5-4-11(10-20)15(19)9-14/h1-5,8-9H,6-7H2,(H,21,22). The summed E-state index contributed by atoms with van der Waals surface area (Å²) >= 11 is 12.0. The Hall–Kier alpha value is -2.02. The molecule has 3 nitrogen and oxygen atoms in total. The molecule has 1 aliphatic rings. The first-order valence-electron chi connectivity index (χ1n) is 6.82. The maximum absolute atomic E-state index is 12.6. The molecule has 1 N–H and O–H groups in total. The number of nitrogens with one attached hydrogen (secondary N) is 1. The fourth-order valence-electron chi connectivity index (χ4n) is 2.49. The molecule has 5 heteroatoms. The minimum Gasteiger partial charge on any atom is -0.325 e. The second kappa shape index (κ2) is 5.64. The lowest BCUT2D eigenvalue weighted by Crippen LogP contribution is -2.27. The van der Waals surface area contributed by atoms with Crippen molar-refractivity contribution in [2.75, 3.05) is 5.32 Å². The maximum Gasteiger partial charge on any atom is 0.235 e. The molecular weight excluding hydrogens is 319 g/mol. The molecule has 0 heterocycles. The van der Waals surface area contributed by atoms with Crippen LogP contribution in [-0.2, 0) is 10.2 Å². The summed E-state index contributed by atoms with van der Waals surface area (Å²) in [7, 11) is 0. The van der Waals surface area contributed by atoms with Gasteiger partial charge in [-0.05, 0) is 48.7 Å². The fourth-order valence-corrected chi connectivity index (χ4v) is 2.91. The first-order chi connectivity index (χ1) is 10.5. The van der Waals surface area contributed by atoms with E-state index in [4.69, 9.17) is 28.5 Å². The molecule has 0 spiro atoms. The van der Waals surface area contributed by atoms with Gasteiger partial charge in [-0.3, -0.25) is 4.79 Å². The summed E-state index contributed by atoms with van der Waals surface area (Å²) in [5.74, 6) is -0.0736. The van der Waals surface area contributed by atoms with Crippen LogP contribution < -0.4 is 5.32 Å². The summed E-state index contributed by atoms with van der Waals surface area (Å²) in [5.41, 5.74) is 1.39. The van der Waals surface area contributed by atoms with Gasteiger partial charge in [0.25, 0.3) is 0 Å². The second-order valence-corrected chi connectivity index (χ2v) is 6.20. The van der Waals surface area contributed by atoms with Crippen LogP contribution in [0.15, 0.2) is 42.5 Å². The Labute approximate surface area is 138 Å². The van der Waals surface area contributed by atoms with Crippen LogP contribution in [0.2, 0.25) is 10.0 Å². The maximum atomic E-state index is 12.6. The molecule has 22 heavy (non-hydrogen) atoms. The van der Waals surface area contributed by atoms with Gasteiger partial charge in [-0.15, -0.1) is 0 Å². The number of carbonyl (C=O) groups is 1. The van der Waals surface area contributed by atoms with E-state index >= 15 is 0 Å². The van der Waals surface area contributed by atoms with E-state index in [1.165, 1.54) is 0 Å². The molecule has 0 unspecified atom stereocenters. The van der Waals surface area contributed by atoms with Gasteiger partial charge in [-0.2, -0.15) is 5.26 Å². The van der Waals surface area contributed by atoms with Crippen LogP contribution >= 0.6 is 23.2 Å². The molecule has 110 valence electrons. The highest BCUT2D eigenvalue weighted by Crippen LogP contribution is 2.49. The summed E-state index contributed by atoms with van der Waals surface area (Å²) in [6.07, 6.45) is 1.59. The SMILES string of the molecule is N#Cc1ccc(NC(=O)C2(c3cccc(Cl)c3)CC2)cc1Cl. The van der Waals surface area contributed by atoms with Gasteiger partial charge in [-0.1, -0.05) is 35.3 Å². The summed E-state index contributed by atoms with van der Waals surface area (Å²) in [6, 6.07) is 14.2. The van der Waals surface area contributed by atoms with Gasteiger partial charge in [0.15, 0.2) is 0 Å². The van der Waals surface area contributed by atoms with Crippen LogP contribution in [0.25, 0.3) is 0 Å². The van der Waals surface area contributed by atoms with Crippen molar-refractivity contribution in [3.63, 3.8) is 0 Å². The number of rotatable bonds is 3. The topological polar surface area (TPSA) is 52.9 Å². The minimum atomic E-state index is -0.509. The minimum absolute atomic E-state index is 0.0736. The first kappa shape index (κ1) is 14.9. The molecule has 1 fully saturated rings. The second-order valence-electron chi connectivity index (χ2n) is 5.35. The highest BCUT2D eigenvalue weighted by molar-refractivity contribution is 6.32. The lowest BCUT2D eigenvalue weighted by Gasteiger charge is -2.16. The van der Waals surface area contributed by atoms with Crippen LogP contribution in [0.1, 0.15) is 24.0 Å². The van der Waals surface area contributed by atoms with E-state index < -0.39 is 5.41 Å². The lowest BCUT2D eigenvalue weighted by atomic mass is 9.95. The molecule has 0 saturated heterocycles. The summed E-state index contributed by atoms with van der Waals surface area (Å²) in [6.45, 7) is 0. The molecule has 0 aliphatic heterocycles. The summed E-state index contributed by atoms with van der Waals surface area (Å²) < 4.78 is 0. The van der Waals surface area contributed by atoms with Crippen LogP contribution in [0.4, 0.5) is 5.69 Å². The number of benzene rings is 2. The van der Waals surface area contributed by atoms with Gasteiger partial charge in [0, 0.05) is 10.7 Å². The molecule has 2 aromatic rings. The van der Waals surface area contributed by atoms with Crippen molar-refractivity contribution in [1.29, 1.82) is 5.26 Å². The molecule has 1 aliphatic carbocycles. The van der Waals surface area contributed by atoms with E-state index in [1.807, 2.05) is 24.3 Å². The third-order valence-corrected chi connectivity index (χ3v) is 4.46. The molecule has 1 amide bonds. The third-order valence-electron chi connectivity index (χ3n) is 3.91. The van der Waals surface area contributed by atoms with Crippen LogP contribution in [0.3, 0.4) is 0 Å². The van der Waals surface area contributed by atoms with Crippen LogP contribution in [0, 0.1) is 11.3 Å². The number of nitrogens with zero attached hydrogens (tertiary/aromatic N) is 1. The number of hydrogen-bond donors (Lipinski definition) is 1. The van der Waals surface area contributed by atoms with Crippen LogP contribution in [0.5, 0.6) is 0 Å². The summed E-state index contributed by atoms with van der Waals surface area (Å²) in [5, 5.41) is 12.7. The lowest BCUT2D eigenvalue weighted by molar-refractivity contribution is -0.118. The zero-order chi connectivity index (χ0) is 15.7. The largest absolute Gasteiger partial charge is 0.325 e. The van der Waals surface area contributed by atoms with E-state index in [0.29, 0.717) is 21.3 Å². The average molecular weight is 331 g/mol. The molecule has 3 rings (SSSR count). The normalized spacial score (nSPS) is 15.0. The quantitative estimate of drug-likeness (QED) is 0.898. The van der Waals surface area contributed by atoms with E-state index in [-0.39, 0.29) is 5.91 Å². The number of hydrogen-bond acceptors (Lipinski definition) is 2. The van der Waals surface area contributed by atoms with Crippen molar-refractivity contribution in [2.45, 2.75) is 18.3 Å². The van der Waals surface area contributed by atoms with Gasteiger partial charge in [0.2, 0.25) is 5.91 Å². The third kappa shape index (κ3) is 2.68. The highest BCUT2D eigenvalue weighted by Gasteiger charge is 2.51. The number of anilines is 1. The molecule has 0 atom stereocenters. The number of amides is 1. The van der Waals surface area contributed by atoms with Gasteiger partial charge >= 0.3 is 0 Å².